The number of ether oxygens (including phenoxy) is 1. The van der Waals surface area contributed by atoms with Crippen molar-refractivity contribution in [3.05, 3.63) is 114 Å². The predicted molar refractivity (Wildman–Crippen MR) is 183 cm³/mol. The lowest BCUT2D eigenvalue weighted by Crippen LogP contribution is -2.48. The molecule has 0 unspecified atom stereocenters. The molecule has 3 aromatic heterocycles. The van der Waals surface area contributed by atoms with Crippen molar-refractivity contribution in [2.24, 2.45) is 7.05 Å². The van der Waals surface area contributed by atoms with E-state index in [0.29, 0.717) is 30.2 Å². The van der Waals surface area contributed by atoms with Gasteiger partial charge in [0.2, 0.25) is 5.88 Å². The van der Waals surface area contributed by atoms with Crippen LogP contribution in [0.1, 0.15) is 32.0 Å². The van der Waals surface area contributed by atoms with Crippen LogP contribution in [-0.4, -0.2) is 62.3 Å². The molecule has 4 heterocycles. The Kier molecular flexibility index (Phi) is 11.4. The molecular weight excluding hydrogens is 745 g/mol. The van der Waals surface area contributed by atoms with Gasteiger partial charge >= 0.3 is 6.18 Å². The molecule has 5 aromatic rings. The van der Waals surface area contributed by atoms with Gasteiger partial charge in [-0.25, -0.2) is 4.98 Å². The summed E-state index contributed by atoms with van der Waals surface area (Å²) in [5, 5.41) is 3.45. The number of benzene rings is 2. The molecule has 0 aliphatic carbocycles. The van der Waals surface area contributed by atoms with Gasteiger partial charge in [-0.3, -0.25) is 19.5 Å². The Morgan fingerprint density at radius 3 is 2.30 bits per heavy atom. The molecule has 0 atom stereocenters. The van der Waals surface area contributed by atoms with Gasteiger partial charge in [-0.1, -0.05) is 6.07 Å². The lowest BCUT2D eigenvalue weighted by atomic mass is 10.1. The first kappa shape index (κ1) is 35.6. The van der Waals surface area contributed by atoms with Crippen molar-refractivity contribution in [3.63, 3.8) is 0 Å². The van der Waals surface area contributed by atoms with E-state index in [0.717, 1.165) is 60.4 Å². The maximum atomic E-state index is 13.4. The number of rotatable bonds is 7. The summed E-state index contributed by atoms with van der Waals surface area (Å²) < 4.78 is 46.2. The maximum Gasteiger partial charge on any atom is 0.416 e. The molecule has 0 saturated carbocycles. The van der Waals surface area contributed by atoms with Crippen molar-refractivity contribution in [2.75, 3.05) is 31.5 Å². The zero-order valence-corrected chi connectivity index (χ0v) is 28.5. The van der Waals surface area contributed by atoms with Crippen LogP contribution in [0.15, 0.2) is 91.4 Å². The van der Waals surface area contributed by atoms with Crippen molar-refractivity contribution in [2.45, 2.75) is 12.7 Å². The fraction of sp³-hybridized carbons (Fsp3) is 0.212. The summed E-state index contributed by atoms with van der Waals surface area (Å²) in [4.78, 5) is 38.5. The van der Waals surface area contributed by atoms with Gasteiger partial charge in [0.05, 0.1) is 17.4 Å². The van der Waals surface area contributed by atoms with Crippen molar-refractivity contribution < 1.29 is 27.5 Å². The summed E-state index contributed by atoms with van der Waals surface area (Å²) >= 11 is 0. The number of carbonyl (C=O) groups excluding carboxylic acids is 2. The summed E-state index contributed by atoms with van der Waals surface area (Å²) in [6, 6.07) is 18.5. The van der Waals surface area contributed by atoms with Crippen LogP contribution in [0.4, 0.5) is 18.9 Å². The summed E-state index contributed by atoms with van der Waals surface area (Å²) in [6.07, 6.45) is 0.546. The number of anilines is 1. The van der Waals surface area contributed by atoms with Crippen LogP contribution in [0.25, 0.3) is 10.9 Å². The topological polar surface area (TPSA) is 92.6 Å². The van der Waals surface area contributed by atoms with E-state index in [4.69, 9.17) is 4.74 Å². The fourth-order valence-electron chi connectivity index (χ4n) is 5.27. The monoisotopic (exact) mass is 774 g/mol. The highest BCUT2D eigenvalue weighted by Gasteiger charge is 2.30. The third-order valence-corrected chi connectivity index (χ3v) is 7.71. The summed E-state index contributed by atoms with van der Waals surface area (Å²) in [5.74, 6) is 0.210. The van der Waals surface area contributed by atoms with Crippen molar-refractivity contribution in [1.29, 1.82) is 0 Å². The molecule has 1 fully saturated rings. The highest BCUT2D eigenvalue weighted by atomic mass is 79.9. The second kappa shape index (κ2) is 15.1. The van der Waals surface area contributed by atoms with Crippen molar-refractivity contribution >= 4 is 62.4 Å². The molecule has 6 rings (SSSR count). The van der Waals surface area contributed by atoms with E-state index in [-0.39, 0.29) is 51.3 Å². The molecule has 2 amide bonds. The number of pyridine rings is 2. The third kappa shape index (κ3) is 8.37. The van der Waals surface area contributed by atoms with E-state index in [1.807, 2.05) is 47.0 Å². The zero-order chi connectivity index (χ0) is 31.6. The quantitative estimate of drug-likeness (QED) is 0.189. The molecule has 1 saturated heterocycles. The number of hydrogen-bond acceptors (Lipinski definition) is 6. The molecule has 1 aliphatic rings. The lowest BCUT2D eigenvalue weighted by Gasteiger charge is -2.34. The number of piperazine rings is 1. The normalized spacial score (nSPS) is 13.4. The first-order chi connectivity index (χ1) is 21.6. The first-order valence-corrected chi connectivity index (χ1v) is 14.3. The van der Waals surface area contributed by atoms with Crippen LogP contribution < -0.4 is 10.1 Å². The Morgan fingerprint density at radius 2 is 1.66 bits per heavy atom. The maximum absolute atomic E-state index is 13.4. The Labute approximate surface area is 289 Å². The number of amides is 2. The number of carbonyl (C=O) groups is 2. The van der Waals surface area contributed by atoms with Gasteiger partial charge in [-0.05, 0) is 66.2 Å². The Morgan fingerprint density at radius 1 is 0.915 bits per heavy atom. The second-order valence-corrected chi connectivity index (χ2v) is 10.8. The molecule has 0 radical (unpaired) electrons. The smallest absolute Gasteiger partial charge is 0.416 e. The van der Waals surface area contributed by atoms with E-state index in [9.17, 15) is 22.8 Å². The number of alkyl halides is 3. The van der Waals surface area contributed by atoms with Crippen LogP contribution in [0.5, 0.6) is 11.6 Å². The minimum absolute atomic E-state index is 0. The van der Waals surface area contributed by atoms with Crippen LogP contribution in [0.3, 0.4) is 0 Å². The Balaban J connectivity index is 0.00000250. The molecule has 0 spiro atoms. The largest absolute Gasteiger partial charge is 0.439 e. The van der Waals surface area contributed by atoms with Crippen LogP contribution in [-0.2, 0) is 19.8 Å². The van der Waals surface area contributed by atoms with Gasteiger partial charge in [0.25, 0.3) is 11.8 Å². The molecule has 1 N–H and O–H groups in total. The molecule has 9 nitrogen and oxygen atoms in total. The summed E-state index contributed by atoms with van der Waals surface area (Å²) in [7, 11) is 1.87. The third-order valence-electron chi connectivity index (χ3n) is 7.71. The average molecular weight is 776 g/mol. The van der Waals surface area contributed by atoms with Gasteiger partial charge in [0.15, 0.2) is 0 Å². The average Bonchev–Trinajstić information content (AvgIpc) is 3.37. The first-order valence-electron chi connectivity index (χ1n) is 14.3. The summed E-state index contributed by atoms with van der Waals surface area (Å²) in [5.41, 5.74) is 2.24. The highest BCUT2D eigenvalue weighted by molar-refractivity contribution is 8.93. The van der Waals surface area contributed by atoms with Crippen LogP contribution in [0.2, 0.25) is 0 Å². The number of nitrogens with zero attached hydrogens (tertiary/aromatic N) is 5. The van der Waals surface area contributed by atoms with E-state index >= 15 is 0 Å². The lowest BCUT2D eigenvalue weighted by molar-refractivity contribution is -0.137. The number of fused-ring (bicyclic) bond motifs is 1. The fourth-order valence-corrected chi connectivity index (χ4v) is 5.27. The minimum atomic E-state index is -4.48. The molecule has 1 aliphatic heterocycles. The van der Waals surface area contributed by atoms with Gasteiger partial charge < -0.3 is 19.5 Å². The SMILES string of the molecule is Br.Br.Cn1c(C(=O)N2CCN(Cc3cccnc3)CC2)cc2cc(Oc3ccc(NC(=O)c4ccc(C(F)(F)F)cc4)cn3)ccc21. The van der Waals surface area contributed by atoms with Gasteiger partial charge in [-0.15, -0.1) is 34.0 Å². The molecule has 47 heavy (non-hydrogen) atoms. The van der Waals surface area contributed by atoms with Gasteiger partial charge in [0, 0.05) is 74.7 Å². The number of hydrogen-bond donors (Lipinski definition) is 1. The number of aryl methyl sites for hydroxylation is 1. The Bertz CT molecular complexity index is 1830. The molecule has 0 bridgehead atoms. The van der Waals surface area contributed by atoms with E-state index < -0.39 is 17.6 Å². The van der Waals surface area contributed by atoms with E-state index in [2.05, 4.69) is 26.3 Å². The van der Waals surface area contributed by atoms with Crippen LogP contribution >= 0.6 is 34.0 Å². The van der Waals surface area contributed by atoms with E-state index in [1.165, 1.54) is 6.20 Å². The number of halogens is 5. The Hall–Kier alpha value is -4.27. The zero-order valence-electron chi connectivity index (χ0n) is 25.1. The van der Waals surface area contributed by atoms with Gasteiger partial charge in [0.1, 0.15) is 11.4 Å². The van der Waals surface area contributed by atoms with Crippen molar-refractivity contribution in [1.82, 2.24) is 24.3 Å². The van der Waals surface area contributed by atoms with Gasteiger partial charge in [-0.2, -0.15) is 13.2 Å². The van der Waals surface area contributed by atoms with E-state index in [1.54, 1.807) is 24.4 Å². The van der Waals surface area contributed by atoms with Crippen LogP contribution in [0, 0.1) is 0 Å². The predicted octanol–water partition coefficient (Wildman–Crippen LogP) is 7.15. The number of aromatic nitrogens is 3. The highest BCUT2D eigenvalue weighted by Crippen LogP contribution is 2.30. The standard InChI is InChI=1S/C33H29F3N6O3.2BrH/c1-40-28-10-9-27(45-30-11-8-26(20-38-30)39-31(43)23-4-6-25(7-5-23)33(34,35)36)17-24(28)18-29(40)32(44)42-15-13-41(14-16-42)21-22-3-2-12-37-19-22;;/h2-12,17-20H,13-16,21H2,1H3,(H,39,43);2*1H. The summed E-state index contributed by atoms with van der Waals surface area (Å²) in [6.45, 7) is 3.66. The minimum Gasteiger partial charge on any atom is -0.439 e. The molecule has 246 valence electrons. The second-order valence-electron chi connectivity index (χ2n) is 10.8. The number of nitrogens with one attached hydrogen (secondary N) is 1. The molecule has 14 heteroatoms. The van der Waals surface area contributed by atoms with Crippen molar-refractivity contribution in [3.8, 4) is 11.6 Å². The molecular formula is C33H31Br2F3N6O3. The molecule has 2 aromatic carbocycles.